The number of nitrogens with one attached hydrogen (secondary N) is 1. The van der Waals surface area contributed by atoms with Crippen molar-refractivity contribution in [2.75, 3.05) is 0 Å². The smallest absolute Gasteiger partial charge is 0.128 e. The third kappa shape index (κ3) is 2.94. The van der Waals surface area contributed by atoms with Gasteiger partial charge in [0.2, 0.25) is 0 Å². The van der Waals surface area contributed by atoms with E-state index < -0.39 is 0 Å². The zero-order valence-electron chi connectivity index (χ0n) is 11.1. The molecular formula is C15H17BrFN3. The summed E-state index contributed by atoms with van der Waals surface area (Å²) < 4.78 is 16.7. The lowest BCUT2D eigenvalue weighted by atomic mass is 10.1. The second-order valence-electron chi connectivity index (χ2n) is 5.23. The van der Waals surface area contributed by atoms with Crippen molar-refractivity contribution >= 4 is 15.9 Å². The fourth-order valence-electron chi connectivity index (χ4n) is 2.91. The van der Waals surface area contributed by atoms with E-state index in [9.17, 15) is 4.39 Å². The number of aromatic nitrogens is 2. The molecule has 3 rings (SSSR count). The molecule has 1 saturated carbocycles. The highest BCUT2D eigenvalue weighted by Gasteiger charge is 2.27. The molecule has 2 unspecified atom stereocenters. The van der Waals surface area contributed by atoms with Crippen LogP contribution in [0, 0.1) is 5.82 Å². The third-order valence-electron chi connectivity index (χ3n) is 3.96. The molecule has 1 aromatic heterocycles. The first-order chi connectivity index (χ1) is 9.74. The largest absolute Gasteiger partial charge is 0.333 e. The van der Waals surface area contributed by atoms with Gasteiger partial charge in [-0.3, -0.25) is 0 Å². The zero-order chi connectivity index (χ0) is 13.9. The molecule has 1 aliphatic carbocycles. The monoisotopic (exact) mass is 337 g/mol. The van der Waals surface area contributed by atoms with Crippen molar-refractivity contribution in [2.45, 2.75) is 37.9 Å². The van der Waals surface area contributed by atoms with Crippen molar-refractivity contribution in [3.05, 3.63) is 52.8 Å². The van der Waals surface area contributed by atoms with E-state index in [1.54, 1.807) is 0 Å². The van der Waals surface area contributed by atoms with E-state index in [1.807, 2.05) is 30.9 Å². The predicted molar refractivity (Wildman–Crippen MR) is 79.8 cm³/mol. The second kappa shape index (κ2) is 6.06. The molecule has 0 radical (unpaired) electrons. The minimum absolute atomic E-state index is 0.163. The maximum atomic E-state index is 13.8. The number of nitrogens with zero attached hydrogens (tertiary/aromatic N) is 2. The summed E-state index contributed by atoms with van der Waals surface area (Å²) >= 11 is 3.28. The quantitative estimate of drug-likeness (QED) is 0.922. The van der Waals surface area contributed by atoms with E-state index in [4.69, 9.17) is 0 Å². The molecule has 3 nitrogen and oxygen atoms in total. The van der Waals surface area contributed by atoms with E-state index >= 15 is 0 Å². The summed E-state index contributed by atoms with van der Waals surface area (Å²) in [5.74, 6) is -0.163. The minimum Gasteiger partial charge on any atom is -0.333 e. The Bertz CT molecular complexity index is 571. The standard InChI is InChI=1S/C15H17BrFN3/c16-12-5-4-11(13(17)8-12)9-19-14-2-1-3-15(14)20-7-6-18-10-20/h4-8,10,14-15,19H,1-3,9H2. The molecule has 1 aliphatic rings. The number of benzene rings is 1. The topological polar surface area (TPSA) is 29.9 Å². The van der Waals surface area contributed by atoms with Gasteiger partial charge in [0.1, 0.15) is 5.82 Å². The SMILES string of the molecule is Fc1cc(Br)ccc1CNC1CCCC1n1ccnc1. The van der Waals surface area contributed by atoms with Gasteiger partial charge in [-0.15, -0.1) is 0 Å². The lowest BCUT2D eigenvalue weighted by molar-refractivity contribution is 0.388. The molecule has 5 heteroatoms. The van der Waals surface area contributed by atoms with Gasteiger partial charge in [-0.25, -0.2) is 9.37 Å². The Labute approximate surface area is 126 Å². The van der Waals surface area contributed by atoms with E-state index in [0.29, 0.717) is 24.2 Å². The van der Waals surface area contributed by atoms with Crippen LogP contribution in [0.5, 0.6) is 0 Å². The summed E-state index contributed by atoms with van der Waals surface area (Å²) in [6.07, 6.45) is 9.15. The van der Waals surface area contributed by atoms with Gasteiger partial charge in [0.15, 0.2) is 0 Å². The number of hydrogen-bond donors (Lipinski definition) is 1. The van der Waals surface area contributed by atoms with Gasteiger partial charge in [0.05, 0.1) is 6.33 Å². The van der Waals surface area contributed by atoms with Crippen LogP contribution in [0.2, 0.25) is 0 Å². The number of halogens is 2. The molecule has 0 saturated heterocycles. The van der Waals surface area contributed by atoms with E-state index in [-0.39, 0.29) is 5.82 Å². The third-order valence-corrected chi connectivity index (χ3v) is 4.45. The summed E-state index contributed by atoms with van der Waals surface area (Å²) in [5, 5.41) is 3.49. The summed E-state index contributed by atoms with van der Waals surface area (Å²) in [7, 11) is 0. The molecule has 20 heavy (non-hydrogen) atoms. The maximum absolute atomic E-state index is 13.8. The Hall–Kier alpha value is -1.20. The first-order valence-electron chi connectivity index (χ1n) is 6.89. The van der Waals surface area contributed by atoms with Gasteiger partial charge in [0.25, 0.3) is 0 Å². The summed E-state index contributed by atoms with van der Waals surface area (Å²) in [5.41, 5.74) is 0.712. The van der Waals surface area contributed by atoms with Crippen LogP contribution in [0.1, 0.15) is 30.9 Å². The molecule has 0 spiro atoms. The van der Waals surface area contributed by atoms with Crippen LogP contribution < -0.4 is 5.32 Å². The Kier molecular flexibility index (Phi) is 4.17. The number of imidazole rings is 1. The number of hydrogen-bond acceptors (Lipinski definition) is 2. The molecule has 1 fully saturated rings. The highest BCUT2D eigenvalue weighted by atomic mass is 79.9. The van der Waals surface area contributed by atoms with Gasteiger partial charge in [-0.1, -0.05) is 22.0 Å². The Morgan fingerprint density at radius 2 is 2.30 bits per heavy atom. The van der Waals surface area contributed by atoms with Crippen molar-refractivity contribution in [2.24, 2.45) is 0 Å². The molecule has 0 bridgehead atoms. The van der Waals surface area contributed by atoms with Crippen molar-refractivity contribution < 1.29 is 4.39 Å². The van der Waals surface area contributed by atoms with Gasteiger partial charge in [-0.2, -0.15) is 0 Å². The van der Waals surface area contributed by atoms with Gasteiger partial charge in [0, 0.05) is 41.1 Å². The lowest BCUT2D eigenvalue weighted by Gasteiger charge is -2.22. The fraction of sp³-hybridized carbons (Fsp3) is 0.400. The molecule has 106 valence electrons. The normalized spacial score (nSPS) is 22.3. The molecule has 0 aliphatic heterocycles. The first-order valence-corrected chi connectivity index (χ1v) is 7.68. The average Bonchev–Trinajstić information content (AvgIpc) is 3.08. The second-order valence-corrected chi connectivity index (χ2v) is 6.15. The Morgan fingerprint density at radius 3 is 3.05 bits per heavy atom. The molecule has 0 amide bonds. The van der Waals surface area contributed by atoms with Crippen LogP contribution in [0.4, 0.5) is 4.39 Å². The first kappa shape index (κ1) is 13.8. The molecule has 1 aromatic carbocycles. The van der Waals surface area contributed by atoms with Crippen molar-refractivity contribution in [3.63, 3.8) is 0 Å². The average molecular weight is 338 g/mol. The van der Waals surface area contributed by atoms with Crippen LogP contribution in [-0.2, 0) is 6.54 Å². The zero-order valence-corrected chi connectivity index (χ0v) is 12.7. The molecule has 1 N–H and O–H groups in total. The van der Waals surface area contributed by atoms with Gasteiger partial charge >= 0.3 is 0 Å². The number of rotatable bonds is 4. The van der Waals surface area contributed by atoms with Crippen LogP contribution >= 0.6 is 15.9 Å². The summed E-state index contributed by atoms with van der Waals surface area (Å²) in [4.78, 5) is 4.11. The van der Waals surface area contributed by atoms with Crippen LogP contribution in [-0.4, -0.2) is 15.6 Å². The van der Waals surface area contributed by atoms with E-state index in [0.717, 1.165) is 17.3 Å². The molecule has 2 atom stereocenters. The van der Waals surface area contributed by atoms with Crippen LogP contribution in [0.15, 0.2) is 41.4 Å². The van der Waals surface area contributed by atoms with Crippen molar-refractivity contribution in [1.82, 2.24) is 14.9 Å². The van der Waals surface area contributed by atoms with Crippen molar-refractivity contribution in [1.29, 1.82) is 0 Å². The molecule has 2 aromatic rings. The van der Waals surface area contributed by atoms with Crippen molar-refractivity contribution in [3.8, 4) is 0 Å². The minimum atomic E-state index is -0.163. The maximum Gasteiger partial charge on any atom is 0.128 e. The van der Waals surface area contributed by atoms with Crippen LogP contribution in [0.3, 0.4) is 0 Å². The predicted octanol–water partition coefficient (Wildman–Crippen LogP) is 3.67. The summed E-state index contributed by atoms with van der Waals surface area (Å²) in [6, 6.07) is 6.03. The van der Waals surface area contributed by atoms with E-state index in [1.165, 1.54) is 12.5 Å². The lowest BCUT2D eigenvalue weighted by Crippen LogP contribution is -2.33. The highest BCUT2D eigenvalue weighted by molar-refractivity contribution is 9.10. The summed E-state index contributed by atoms with van der Waals surface area (Å²) in [6.45, 7) is 0.564. The highest BCUT2D eigenvalue weighted by Crippen LogP contribution is 2.30. The fourth-order valence-corrected chi connectivity index (χ4v) is 3.24. The Morgan fingerprint density at radius 1 is 1.40 bits per heavy atom. The van der Waals surface area contributed by atoms with E-state index in [2.05, 4.69) is 30.8 Å². The van der Waals surface area contributed by atoms with Gasteiger partial charge < -0.3 is 9.88 Å². The Balaban J connectivity index is 1.65. The van der Waals surface area contributed by atoms with Crippen LogP contribution in [0.25, 0.3) is 0 Å². The van der Waals surface area contributed by atoms with Gasteiger partial charge in [-0.05, 0) is 31.4 Å². The molecular weight excluding hydrogens is 321 g/mol. The molecule has 1 heterocycles.